The maximum absolute atomic E-state index is 13.4. The number of hydrogen-bond acceptors (Lipinski definition) is 5. The lowest BCUT2D eigenvalue weighted by atomic mass is 10.1. The van der Waals surface area contributed by atoms with Gasteiger partial charge in [-0.1, -0.05) is 48.5 Å². The van der Waals surface area contributed by atoms with Gasteiger partial charge in [0.1, 0.15) is 0 Å². The number of thioether (sulfide) groups is 1. The van der Waals surface area contributed by atoms with Crippen LogP contribution in [0.15, 0.2) is 52.4 Å². The van der Waals surface area contributed by atoms with Gasteiger partial charge in [-0.25, -0.2) is 4.98 Å². The van der Waals surface area contributed by atoms with E-state index in [2.05, 4.69) is 17.1 Å². The Balaban J connectivity index is 1.60. The Hall–Kier alpha value is -2.35. The smallest absolute Gasteiger partial charge is 0.266 e. The van der Waals surface area contributed by atoms with Crippen LogP contribution in [0, 0.1) is 6.92 Å². The van der Waals surface area contributed by atoms with Gasteiger partial charge in [0.15, 0.2) is 5.16 Å². The fourth-order valence-electron chi connectivity index (χ4n) is 4.05. The molecule has 0 atom stereocenters. The van der Waals surface area contributed by atoms with Gasteiger partial charge in [-0.3, -0.25) is 14.2 Å². The van der Waals surface area contributed by atoms with Crippen molar-refractivity contribution in [1.29, 1.82) is 0 Å². The van der Waals surface area contributed by atoms with Crippen molar-refractivity contribution in [3.8, 4) is 5.69 Å². The van der Waals surface area contributed by atoms with Crippen molar-refractivity contribution >= 4 is 40.2 Å². The topological polar surface area (TPSA) is 67.2 Å². The largest absolute Gasteiger partial charge is 0.353 e. The highest BCUT2D eigenvalue weighted by atomic mass is 35.5. The Kier molecular flexibility index (Phi) is 7.18. The number of rotatable bonds is 6. The number of piperidine rings is 1. The first-order chi connectivity index (χ1) is 15.5. The van der Waals surface area contributed by atoms with Gasteiger partial charge in [0, 0.05) is 24.2 Å². The molecule has 0 saturated carbocycles. The number of nitrogens with zero attached hydrogens (tertiary/aromatic N) is 3. The highest BCUT2D eigenvalue weighted by Crippen LogP contribution is 2.26. The molecule has 0 spiro atoms. The third kappa shape index (κ3) is 4.85. The minimum Gasteiger partial charge on any atom is -0.353 e. The maximum atomic E-state index is 13.4. The minimum absolute atomic E-state index is 0.0401. The van der Waals surface area contributed by atoms with E-state index in [9.17, 15) is 9.59 Å². The summed E-state index contributed by atoms with van der Waals surface area (Å²) < 4.78 is 1.57. The van der Waals surface area contributed by atoms with Crippen LogP contribution in [0.1, 0.15) is 25.3 Å². The number of aromatic nitrogens is 2. The Morgan fingerprint density at radius 2 is 1.94 bits per heavy atom. The zero-order valence-corrected chi connectivity index (χ0v) is 19.9. The molecule has 1 saturated heterocycles. The number of carbonyl (C=O) groups excluding carboxylic acids is 1. The predicted octanol–water partition coefficient (Wildman–Crippen LogP) is 4.04. The first kappa shape index (κ1) is 22.8. The van der Waals surface area contributed by atoms with E-state index in [4.69, 9.17) is 16.6 Å². The monoisotopic (exact) mass is 470 g/mol. The number of fused-ring (bicyclic) bond motifs is 1. The first-order valence-electron chi connectivity index (χ1n) is 10.9. The maximum Gasteiger partial charge on any atom is 0.266 e. The summed E-state index contributed by atoms with van der Waals surface area (Å²) in [7, 11) is 0. The fourth-order valence-corrected chi connectivity index (χ4v) is 5.04. The fraction of sp³-hybridized carbons (Fsp3) is 0.375. The normalized spacial score (nSPS) is 15.2. The molecule has 1 aromatic heterocycles. The molecule has 168 valence electrons. The molecule has 32 heavy (non-hydrogen) atoms. The number of amides is 1. The number of halogens is 1. The Bertz CT molecular complexity index is 1190. The SMILES string of the molecule is CCN1CCC(NC(=O)CSc2nc3ccccc3c(=O)n2-c2cccc(Cl)c2C)CC1. The lowest BCUT2D eigenvalue weighted by Gasteiger charge is -2.31. The third-order valence-corrected chi connectivity index (χ3v) is 7.31. The number of benzene rings is 2. The molecule has 1 N–H and O–H groups in total. The summed E-state index contributed by atoms with van der Waals surface area (Å²) in [5.41, 5.74) is 1.91. The molecule has 1 aliphatic rings. The van der Waals surface area contributed by atoms with Crippen LogP contribution >= 0.6 is 23.4 Å². The lowest BCUT2D eigenvalue weighted by Crippen LogP contribution is -2.45. The van der Waals surface area contributed by atoms with E-state index in [1.807, 2.05) is 37.3 Å². The summed E-state index contributed by atoms with van der Waals surface area (Å²) in [5.74, 6) is 0.153. The number of nitrogens with one attached hydrogen (secondary N) is 1. The van der Waals surface area contributed by atoms with Crippen molar-refractivity contribution in [2.45, 2.75) is 37.9 Å². The zero-order valence-electron chi connectivity index (χ0n) is 18.3. The zero-order chi connectivity index (χ0) is 22.7. The average Bonchev–Trinajstić information content (AvgIpc) is 2.80. The third-order valence-electron chi connectivity index (χ3n) is 5.96. The van der Waals surface area contributed by atoms with Crippen LogP contribution < -0.4 is 10.9 Å². The van der Waals surface area contributed by atoms with E-state index in [1.54, 1.807) is 16.7 Å². The van der Waals surface area contributed by atoms with E-state index >= 15 is 0 Å². The van der Waals surface area contributed by atoms with Gasteiger partial charge < -0.3 is 10.2 Å². The molecule has 2 heterocycles. The van der Waals surface area contributed by atoms with Crippen molar-refractivity contribution in [3.05, 3.63) is 63.4 Å². The van der Waals surface area contributed by atoms with E-state index in [0.717, 1.165) is 38.0 Å². The van der Waals surface area contributed by atoms with E-state index in [1.165, 1.54) is 11.8 Å². The second-order valence-electron chi connectivity index (χ2n) is 8.00. The van der Waals surface area contributed by atoms with Gasteiger partial charge in [0.25, 0.3) is 5.56 Å². The lowest BCUT2D eigenvalue weighted by molar-refractivity contribution is -0.119. The summed E-state index contributed by atoms with van der Waals surface area (Å²) in [6.07, 6.45) is 1.93. The van der Waals surface area contributed by atoms with Gasteiger partial charge in [-0.2, -0.15) is 0 Å². The number of carbonyl (C=O) groups is 1. The second kappa shape index (κ2) is 10.1. The summed E-state index contributed by atoms with van der Waals surface area (Å²) in [5, 5.41) is 4.73. The van der Waals surface area contributed by atoms with Gasteiger partial charge in [-0.15, -0.1) is 0 Å². The molecule has 1 amide bonds. The number of likely N-dealkylation sites (tertiary alicyclic amines) is 1. The van der Waals surface area contributed by atoms with Crippen molar-refractivity contribution in [1.82, 2.24) is 19.8 Å². The molecule has 4 rings (SSSR count). The standard InChI is InChI=1S/C24H27ClN4O2S/c1-3-28-13-11-17(12-14-28)26-22(30)15-32-24-27-20-9-5-4-7-18(20)23(31)29(24)21-10-6-8-19(25)16(21)2/h4-10,17H,3,11-15H2,1-2H3,(H,26,30). The second-order valence-corrected chi connectivity index (χ2v) is 9.35. The molecule has 2 aromatic carbocycles. The van der Waals surface area contributed by atoms with Crippen LogP contribution in [0.3, 0.4) is 0 Å². The first-order valence-corrected chi connectivity index (χ1v) is 12.3. The molecule has 1 fully saturated rings. The van der Waals surface area contributed by atoms with Gasteiger partial charge >= 0.3 is 0 Å². The molecular weight excluding hydrogens is 444 g/mol. The average molecular weight is 471 g/mol. The van der Waals surface area contributed by atoms with E-state index < -0.39 is 0 Å². The molecule has 8 heteroatoms. The summed E-state index contributed by atoms with van der Waals surface area (Å²) >= 11 is 7.61. The highest BCUT2D eigenvalue weighted by Gasteiger charge is 2.21. The van der Waals surface area contributed by atoms with Crippen molar-refractivity contribution in [3.63, 3.8) is 0 Å². The van der Waals surface area contributed by atoms with Crippen LogP contribution in [0.5, 0.6) is 0 Å². The summed E-state index contributed by atoms with van der Waals surface area (Å²) in [6, 6.07) is 12.9. The van der Waals surface area contributed by atoms with Gasteiger partial charge in [-0.05, 0) is 56.1 Å². The van der Waals surface area contributed by atoms with Crippen molar-refractivity contribution < 1.29 is 4.79 Å². The van der Waals surface area contributed by atoms with Crippen molar-refractivity contribution in [2.24, 2.45) is 0 Å². The molecular formula is C24H27ClN4O2S. The van der Waals surface area contributed by atoms with Crippen LogP contribution in [-0.4, -0.2) is 51.8 Å². The molecule has 6 nitrogen and oxygen atoms in total. The van der Waals surface area contributed by atoms with Gasteiger partial charge in [0.05, 0.1) is 22.3 Å². The molecule has 0 radical (unpaired) electrons. The van der Waals surface area contributed by atoms with Crippen LogP contribution in [0.4, 0.5) is 0 Å². The van der Waals surface area contributed by atoms with E-state index in [0.29, 0.717) is 26.8 Å². The number of hydrogen-bond donors (Lipinski definition) is 1. The minimum atomic E-state index is -0.171. The molecule has 1 aliphatic heterocycles. The predicted molar refractivity (Wildman–Crippen MR) is 131 cm³/mol. The molecule has 3 aromatic rings. The quantitative estimate of drug-likeness (QED) is 0.435. The van der Waals surface area contributed by atoms with Gasteiger partial charge in [0.2, 0.25) is 5.91 Å². The van der Waals surface area contributed by atoms with Crippen LogP contribution in [0.2, 0.25) is 5.02 Å². The highest BCUT2D eigenvalue weighted by molar-refractivity contribution is 7.99. The number of para-hydroxylation sites is 1. The van der Waals surface area contributed by atoms with E-state index in [-0.39, 0.29) is 23.3 Å². The van der Waals surface area contributed by atoms with Crippen LogP contribution in [0.25, 0.3) is 16.6 Å². The molecule has 0 unspecified atom stereocenters. The van der Waals surface area contributed by atoms with Crippen LogP contribution in [-0.2, 0) is 4.79 Å². The molecule has 0 bridgehead atoms. The Morgan fingerprint density at radius 1 is 1.19 bits per heavy atom. The summed E-state index contributed by atoms with van der Waals surface area (Å²) in [6.45, 7) is 7.10. The van der Waals surface area contributed by atoms with Crippen molar-refractivity contribution in [2.75, 3.05) is 25.4 Å². The Labute approximate surface area is 197 Å². The molecule has 0 aliphatic carbocycles. The Morgan fingerprint density at radius 3 is 2.69 bits per heavy atom. The summed E-state index contributed by atoms with van der Waals surface area (Å²) in [4.78, 5) is 33.2.